The highest BCUT2D eigenvalue weighted by Crippen LogP contribution is 2.45. The number of furan rings is 2. The highest BCUT2D eigenvalue weighted by atomic mass is 16.3. The standard InChI is InChI=1S/C55H32N4O2/c1-2-14-34(15-3-1)53-56-54(37-26-25-33-13-4-5-16-35(33)31-37)58-55(57-53)41-20-12-24-48-51(41)42-32-36(27-29-47(42)61-48)50-45(28-30-49-52(50)40-19-8-11-23-46(40)60-49)59-43-21-9-6-17-38(43)39-18-7-10-22-44(39)59/h1-32H. The van der Waals surface area contributed by atoms with Crippen molar-refractivity contribution in [2.24, 2.45) is 0 Å². The number of para-hydroxylation sites is 3. The maximum atomic E-state index is 6.65. The Balaban J connectivity index is 1.08. The van der Waals surface area contributed by atoms with Crippen LogP contribution >= 0.6 is 0 Å². The Kier molecular flexibility index (Phi) is 7.21. The molecule has 0 spiro atoms. The van der Waals surface area contributed by atoms with Crippen LogP contribution in [0.25, 0.3) is 127 Å². The van der Waals surface area contributed by atoms with Crippen LogP contribution in [0.2, 0.25) is 0 Å². The monoisotopic (exact) mass is 780 g/mol. The van der Waals surface area contributed by atoms with Crippen LogP contribution in [-0.2, 0) is 0 Å². The topological polar surface area (TPSA) is 69.9 Å². The first-order valence-electron chi connectivity index (χ1n) is 20.4. The van der Waals surface area contributed by atoms with E-state index in [0.717, 1.165) is 99.2 Å². The molecule has 4 aromatic heterocycles. The molecule has 0 fully saturated rings. The summed E-state index contributed by atoms with van der Waals surface area (Å²) in [4.78, 5) is 15.4. The van der Waals surface area contributed by atoms with Gasteiger partial charge in [-0.15, -0.1) is 0 Å². The normalized spacial score (nSPS) is 11.9. The van der Waals surface area contributed by atoms with Crippen LogP contribution in [0.5, 0.6) is 0 Å². The van der Waals surface area contributed by atoms with Gasteiger partial charge in [-0.05, 0) is 70.9 Å². The fourth-order valence-electron chi connectivity index (χ4n) is 9.31. The van der Waals surface area contributed by atoms with Gasteiger partial charge in [-0.3, -0.25) is 0 Å². The number of hydrogen-bond acceptors (Lipinski definition) is 5. The zero-order chi connectivity index (χ0) is 40.0. The maximum Gasteiger partial charge on any atom is 0.164 e. The predicted octanol–water partition coefficient (Wildman–Crippen LogP) is 14.6. The SMILES string of the molecule is c1ccc(-c2nc(-c3ccc4ccccc4c3)nc(-c3cccc4oc5ccc(-c6c(-n7c8ccccc8c8ccccc87)ccc7oc8ccccc8c67)cc5c34)n2)cc1. The van der Waals surface area contributed by atoms with Gasteiger partial charge in [-0.2, -0.15) is 0 Å². The summed E-state index contributed by atoms with van der Waals surface area (Å²) in [5, 5.41) is 8.73. The molecule has 0 aliphatic rings. The van der Waals surface area contributed by atoms with Crippen LogP contribution in [0.15, 0.2) is 203 Å². The van der Waals surface area contributed by atoms with Crippen molar-refractivity contribution >= 4 is 76.5 Å². The quantitative estimate of drug-likeness (QED) is 0.174. The summed E-state index contributed by atoms with van der Waals surface area (Å²) in [6.45, 7) is 0. The van der Waals surface area contributed by atoms with E-state index in [1.807, 2.05) is 54.6 Å². The van der Waals surface area contributed by atoms with Crippen LogP contribution in [0, 0.1) is 0 Å². The Morgan fingerprint density at radius 1 is 0.344 bits per heavy atom. The average molecular weight is 781 g/mol. The average Bonchev–Trinajstić information content (AvgIpc) is 4.01. The van der Waals surface area contributed by atoms with E-state index < -0.39 is 0 Å². The summed E-state index contributed by atoms with van der Waals surface area (Å²) in [6, 6.07) is 67.4. The first-order valence-corrected chi connectivity index (χ1v) is 20.4. The lowest BCUT2D eigenvalue weighted by molar-refractivity contribution is 0.669. The van der Waals surface area contributed by atoms with Crippen molar-refractivity contribution in [3.05, 3.63) is 194 Å². The van der Waals surface area contributed by atoms with Crippen molar-refractivity contribution in [3.8, 4) is 51.0 Å². The van der Waals surface area contributed by atoms with Crippen molar-refractivity contribution in [2.75, 3.05) is 0 Å². The zero-order valence-corrected chi connectivity index (χ0v) is 32.6. The summed E-state index contributed by atoms with van der Waals surface area (Å²) in [6.07, 6.45) is 0. The Labute approximate surface area is 348 Å². The van der Waals surface area contributed by atoms with Crippen LogP contribution in [0.3, 0.4) is 0 Å². The summed E-state index contributed by atoms with van der Waals surface area (Å²) >= 11 is 0. The van der Waals surface area contributed by atoms with E-state index in [2.05, 4.69) is 144 Å². The molecule has 0 bridgehead atoms. The van der Waals surface area contributed by atoms with E-state index in [4.69, 9.17) is 23.8 Å². The summed E-state index contributed by atoms with van der Waals surface area (Å²) in [7, 11) is 0. The van der Waals surface area contributed by atoms with E-state index in [-0.39, 0.29) is 0 Å². The van der Waals surface area contributed by atoms with Gasteiger partial charge >= 0.3 is 0 Å². The fourth-order valence-corrected chi connectivity index (χ4v) is 9.31. The minimum Gasteiger partial charge on any atom is -0.456 e. The van der Waals surface area contributed by atoms with E-state index in [1.54, 1.807) is 0 Å². The first-order chi connectivity index (χ1) is 30.2. The van der Waals surface area contributed by atoms with Gasteiger partial charge in [0.25, 0.3) is 0 Å². The van der Waals surface area contributed by atoms with Crippen LogP contribution < -0.4 is 0 Å². The molecule has 61 heavy (non-hydrogen) atoms. The van der Waals surface area contributed by atoms with Gasteiger partial charge in [-0.25, -0.2) is 15.0 Å². The van der Waals surface area contributed by atoms with Crippen molar-refractivity contribution in [1.29, 1.82) is 0 Å². The highest BCUT2D eigenvalue weighted by Gasteiger charge is 2.23. The number of nitrogens with zero attached hydrogens (tertiary/aromatic N) is 4. The molecule has 0 saturated heterocycles. The van der Waals surface area contributed by atoms with Crippen LogP contribution in [0.4, 0.5) is 0 Å². The second-order valence-corrected chi connectivity index (χ2v) is 15.5. The molecule has 0 N–H and O–H groups in total. The highest BCUT2D eigenvalue weighted by molar-refractivity contribution is 6.18. The van der Waals surface area contributed by atoms with Gasteiger partial charge in [0.05, 0.1) is 16.7 Å². The third-order valence-corrected chi connectivity index (χ3v) is 12.0. The van der Waals surface area contributed by atoms with Gasteiger partial charge in [-0.1, -0.05) is 140 Å². The number of aromatic nitrogens is 4. The maximum absolute atomic E-state index is 6.65. The summed E-state index contributed by atoms with van der Waals surface area (Å²) < 4.78 is 15.6. The molecule has 0 aliphatic carbocycles. The van der Waals surface area contributed by atoms with E-state index >= 15 is 0 Å². The number of fused-ring (bicyclic) bond motifs is 10. The van der Waals surface area contributed by atoms with Gasteiger partial charge < -0.3 is 13.4 Å². The van der Waals surface area contributed by atoms with E-state index in [0.29, 0.717) is 17.5 Å². The lowest BCUT2D eigenvalue weighted by atomic mass is 9.95. The van der Waals surface area contributed by atoms with Crippen molar-refractivity contribution in [3.63, 3.8) is 0 Å². The molecule has 0 atom stereocenters. The number of hydrogen-bond donors (Lipinski definition) is 0. The third kappa shape index (κ3) is 5.19. The van der Waals surface area contributed by atoms with Gasteiger partial charge in [0.15, 0.2) is 17.5 Å². The second-order valence-electron chi connectivity index (χ2n) is 15.5. The molecule has 0 radical (unpaired) electrons. The van der Waals surface area contributed by atoms with Crippen molar-refractivity contribution < 1.29 is 8.83 Å². The van der Waals surface area contributed by atoms with Gasteiger partial charge in [0.2, 0.25) is 0 Å². The molecule has 9 aromatic carbocycles. The molecule has 0 saturated carbocycles. The molecular formula is C55H32N4O2. The minimum atomic E-state index is 0.574. The lowest BCUT2D eigenvalue weighted by Gasteiger charge is -2.16. The van der Waals surface area contributed by atoms with Crippen molar-refractivity contribution in [1.82, 2.24) is 19.5 Å². The van der Waals surface area contributed by atoms with Crippen molar-refractivity contribution in [2.45, 2.75) is 0 Å². The van der Waals surface area contributed by atoms with E-state index in [9.17, 15) is 0 Å². The largest absolute Gasteiger partial charge is 0.456 e. The fraction of sp³-hybridized carbons (Fsp3) is 0. The first kappa shape index (κ1) is 33.6. The molecule has 0 amide bonds. The zero-order valence-electron chi connectivity index (χ0n) is 32.6. The predicted molar refractivity (Wildman–Crippen MR) is 248 cm³/mol. The number of rotatable bonds is 5. The molecule has 0 aliphatic heterocycles. The Morgan fingerprint density at radius 2 is 0.934 bits per heavy atom. The molecule has 4 heterocycles. The van der Waals surface area contributed by atoms with Crippen LogP contribution in [-0.4, -0.2) is 19.5 Å². The minimum absolute atomic E-state index is 0.574. The number of benzene rings is 9. The summed E-state index contributed by atoms with van der Waals surface area (Å²) in [5.41, 5.74) is 11.4. The molecule has 6 heteroatoms. The molecular weight excluding hydrogens is 749 g/mol. The lowest BCUT2D eigenvalue weighted by Crippen LogP contribution is -2.00. The molecule has 13 aromatic rings. The van der Waals surface area contributed by atoms with Gasteiger partial charge in [0, 0.05) is 54.6 Å². The van der Waals surface area contributed by atoms with E-state index in [1.165, 1.54) is 10.8 Å². The molecule has 13 rings (SSSR count). The second kappa shape index (κ2) is 13.1. The Hall–Kier alpha value is -8.35. The molecule has 6 nitrogen and oxygen atoms in total. The Morgan fingerprint density at radius 3 is 1.74 bits per heavy atom. The Bertz CT molecular complexity index is 3840. The molecule has 284 valence electrons. The van der Waals surface area contributed by atoms with Crippen LogP contribution in [0.1, 0.15) is 0 Å². The third-order valence-electron chi connectivity index (χ3n) is 12.0. The van der Waals surface area contributed by atoms with Gasteiger partial charge in [0.1, 0.15) is 22.3 Å². The molecule has 0 unspecified atom stereocenters. The summed E-state index contributed by atoms with van der Waals surface area (Å²) in [5.74, 6) is 1.78. The smallest absolute Gasteiger partial charge is 0.164 e.